The number of hydrogen-bond donors (Lipinski definition) is 1. The lowest BCUT2D eigenvalue weighted by Gasteiger charge is -2.34. The molecule has 1 N–H and O–H groups in total. The van der Waals surface area contributed by atoms with Gasteiger partial charge in [0.25, 0.3) is 0 Å². The second-order valence-electron chi connectivity index (χ2n) is 4.04. The smallest absolute Gasteiger partial charge is 0.112 e. The number of hydrogen-bond acceptors (Lipinski definition) is 3. The van der Waals surface area contributed by atoms with Crippen LogP contribution < -0.4 is 5.32 Å². The molecule has 2 aliphatic heterocycles. The third-order valence-corrected chi connectivity index (χ3v) is 3.16. The normalized spacial score (nSPS) is 36.7. The molecule has 2 atom stereocenters. The molecule has 13 heavy (non-hydrogen) atoms. The van der Waals surface area contributed by atoms with Crippen molar-refractivity contribution >= 4 is 0 Å². The van der Waals surface area contributed by atoms with E-state index in [2.05, 4.69) is 17.1 Å². The lowest BCUT2D eigenvalue weighted by atomic mass is 9.96. The minimum atomic E-state index is 0.342. The van der Waals surface area contributed by atoms with Crippen LogP contribution >= 0.6 is 0 Å². The summed E-state index contributed by atoms with van der Waals surface area (Å²) in [6.45, 7) is 7.85. The molecule has 2 heterocycles. The van der Waals surface area contributed by atoms with Crippen LogP contribution in [0.15, 0.2) is 0 Å². The van der Waals surface area contributed by atoms with Crippen molar-refractivity contribution in [3.8, 4) is 0 Å². The Morgan fingerprint density at radius 2 is 2.46 bits per heavy atom. The first-order valence-corrected chi connectivity index (χ1v) is 5.47. The highest BCUT2D eigenvalue weighted by Gasteiger charge is 2.29. The van der Waals surface area contributed by atoms with E-state index in [1.165, 1.54) is 32.5 Å². The summed E-state index contributed by atoms with van der Waals surface area (Å²) in [4.78, 5) is 2.53. The van der Waals surface area contributed by atoms with E-state index in [9.17, 15) is 0 Å². The van der Waals surface area contributed by atoms with Crippen molar-refractivity contribution in [1.29, 1.82) is 0 Å². The van der Waals surface area contributed by atoms with Gasteiger partial charge < -0.3 is 9.64 Å². The summed E-state index contributed by atoms with van der Waals surface area (Å²) in [5.74, 6) is 0.719. The second kappa shape index (κ2) is 4.40. The van der Waals surface area contributed by atoms with Gasteiger partial charge >= 0.3 is 0 Å². The van der Waals surface area contributed by atoms with Gasteiger partial charge in [0.15, 0.2) is 0 Å². The van der Waals surface area contributed by atoms with Crippen LogP contribution in [0.2, 0.25) is 0 Å². The van der Waals surface area contributed by atoms with Crippen LogP contribution in [0.4, 0.5) is 0 Å². The lowest BCUT2D eigenvalue weighted by molar-refractivity contribution is 0.0173. The fourth-order valence-electron chi connectivity index (χ4n) is 2.37. The van der Waals surface area contributed by atoms with E-state index < -0.39 is 0 Å². The molecule has 0 aromatic heterocycles. The van der Waals surface area contributed by atoms with E-state index in [-0.39, 0.29) is 0 Å². The van der Waals surface area contributed by atoms with Gasteiger partial charge in [0, 0.05) is 19.0 Å². The molecular formula is C10H20N2O. The summed E-state index contributed by atoms with van der Waals surface area (Å²) in [6.07, 6.45) is 3.00. The minimum absolute atomic E-state index is 0.342. The van der Waals surface area contributed by atoms with Gasteiger partial charge in [-0.25, -0.2) is 0 Å². The zero-order valence-corrected chi connectivity index (χ0v) is 8.46. The first-order valence-electron chi connectivity index (χ1n) is 5.47. The maximum atomic E-state index is 5.65. The SMILES string of the molecule is CCN1CCCC(C2NCCO2)C1. The Bertz CT molecular complexity index is 157. The van der Waals surface area contributed by atoms with Gasteiger partial charge in [0.1, 0.15) is 6.23 Å². The number of nitrogens with zero attached hydrogens (tertiary/aromatic N) is 1. The molecule has 3 nitrogen and oxygen atoms in total. The first-order chi connectivity index (χ1) is 6.40. The van der Waals surface area contributed by atoms with Crippen LogP contribution in [0.25, 0.3) is 0 Å². The standard InChI is InChI=1S/C10H20N2O/c1-2-12-6-3-4-9(8-12)10-11-5-7-13-10/h9-11H,2-8H2,1H3. The second-order valence-corrected chi connectivity index (χ2v) is 4.04. The molecule has 3 heteroatoms. The summed E-state index contributed by atoms with van der Waals surface area (Å²) in [7, 11) is 0. The Morgan fingerprint density at radius 3 is 3.15 bits per heavy atom. The van der Waals surface area contributed by atoms with Gasteiger partial charge in [-0.05, 0) is 25.9 Å². The largest absolute Gasteiger partial charge is 0.362 e. The summed E-state index contributed by atoms with van der Waals surface area (Å²) >= 11 is 0. The van der Waals surface area contributed by atoms with Gasteiger partial charge in [-0.15, -0.1) is 0 Å². The predicted molar refractivity (Wildman–Crippen MR) is 52.6 cm³/mol. The van der Waals surface area contributed by atoms with E-state index in [1.807, 2.05) is 0 Å². The van der Waals surface area contributed by atoms with Gasteiger partial charge in [-0.1, -0.05) is 6.92 Å². The Kier molecular flexibility index (Phi) is 3.19. The highest BCUT2D eigenvalue weighted by Crippen LogP contribution is 2.21. The molecule has 0 bridgehead atoms. The number of ether oxygens (including phenoxy) is 1. The molecule has 0 aliphatic carbocycles. The molecule has 0 aromatic carbocycles. The summed E-state index contributed by atoms with van der Waals surface area (Å²) in [5, 5.41) is 3.42. The fraction of sp³-hybridized carbons (Fsp3) is 1.00. The van der Waals surface area contributed by atoms with Gasteiger partial charge in [-0.2, -0.15) is 0 Å². The van der Waals surface area contributed by atoms with Crippen LogP contribution in [0.3, 0.4) is 0 Å². The zero-order valence-electron chi connectivity index (χ0n) is 8.46. The number of likely N-dealkylation sites (tertiary alicyclic amines) is 1. The average Bonchev–Trinajstić information content (AvgIpc) is 2.71. The van der Waals surface area contributed by atoms with E-state index in [4.69, 9.17) is 4.74 Å². The summed E-state index contributed by atoms with van der Waals surface area (Å²) < 4.78 is 5.65. The lowest BCUT2D eigenvalue weighted by Crippen LogP contribution is -2.43. The predicted octanol–water partition coefficient (Wildman–Crippen LogP) is 0.664. The number of piperidine rings is 1. The number of nitrogens with one attached hydrogen (secondary N) is 1. The molecule has 76 valence electrons. The summed E-state index contributed by atoms with van der Waals surface area (Å²) in [6, 6.07) is 0. The fourth-order valence-corrected chi connectivity index (χ4v) is 2.37. The Hall–Kier alpha value is -0.120. The monoisotopic (exact) mass is 184 g/mol. The van der Waals surface area contributed by atoms with Crippen molar-refractivity contribution < 1.29 is 4.74 Å². The molecule has 0 aromatic rings. The van der Waals surface area contributed by atoms with Crippen LogP contribution in [0, 0.1) is 5.92 Å². The van der Waals surface area contributed by atoms with Crippen molar-refractivity contribution in [2.45, 2.75) is 26.0 Å². The van der Waals surface area contributed by atoms with E-state index in [1.54, 1.807) is 0 Å². The third kappa shape index (κ3) is 2.22. The zero-order chi connectivity index (χ0) is 9.10. The maximum absolute atomic E-state index is 5.65. The van der Waals surface area contributed by atoms with E-state index in [0.717, 1.165) is 19.1 Å². The van der Waals surface area contributed by atoms with E-state index >= 15 is 0 Å². The number of rotatable bonds is 2. The van der Waals surface area contributed by atoms with Gasteiger partial charge in [-0.3, -0.25) is 5.32 Å². The Labute approximate surface area is 80.4 Å². The molecule has 0 spiro atoms. The highest BCUT2D eigenvalue weighted by molar-refractivity contribution is 4.79. The first kappa shape index (κ1) is 9.44. The third-order valence-electron chi connectivity index (χ3n) is 3.16. The van der Waals surface area contributed by atoms with Crippen LogP contribution in [0.5, 0.6) is 0 Å². The molecule has 2 fully saturated rings. The minimum Gasteiger partial charge on any atom is -0.362 e. The van der Waals surface area contributed by atoms with Crippen molar-refractivity contribution in [3.05, 3.63) is 0 Å². The molecule has 0 amide bonds. The molecule has 2 rings (SSSR count). The van der Waals surface area contributed by atoms with Gasteiger partial charge in [0.05, 0.1) is 6.61 Å². The molecule has 2 unspecified atom stereocenters. The van der Waals surface area contributed by atoms with E-state index in [0.29, 0.717) is 6.23 Å². The van der Waals surface area contributed by atoms with Crippen LogP contribution in [0.1, 0.15) is 19.8 Å². The topological polar surface area (TPSA) is 24.5 Å². The maximum Gasteiger partial charge on any atom is 0.112 e. The summed E-state index contributed by atoms with van der Waals surface area (Å²) in [5.41, 5.74) is 0. The van der Waals surface area contributed by atoms with Crippen molar-refractivity contribution in [2.24, 2.45) is 5.92 Å². The molecular weight excluding hydrogens is 164 g/mol. The molecule has 0 saturated carbocycles. The van der Waals surface area contributed by atoms with Crippen molar-refractivity contribution in [3.63, 3.8) is 0 Å². The Balaban J connectivity index is 1.84. The van der Waals surface area contributed by atoms with Crippen molar-refractivity contribution in [1.82, 2.24) is 10.2 Å². The molecule has 2 aliphatic rings. The molecule has 2 saturated heterocycles. The average molecular weight is 184 g/mol. The molecule has 0 radical (unpaired) electrons. The van der Waals surface area contributed by atoms with Gasteiger partial charge in [0.2, 0.25) is 0 Å². The Morgan fingerprint density at radius 1 is 1.54 bits per heavy atom. The van der Waals surface area contributed by atoms with Crippen molar-refractivity contribution in [2.75, 3.05) is 32.8 Å². The quantitative estimate of drug-likeness (QED) is 0.682. The highest BCUT2D eigenvalue weighted by atomic mass is 16.5. The van der Waals surface area contributed by atoms with Crippen LogP contribution in [-0.2, 0) is 4.74 Å². The van der Waals surface area contributed by atoms with Crippen LogP contribution in [-0.4, -0.2) is 43.9 Å².